The van der Waals surface area contributed by atoms with E-state index in [1.165, 1.54) is 5.56 Å². The molecule has 158 valence electrons. The van der Waals surface area contributed by atoms with E-state index in [0.717, 1.165) is 11.4 Å². The molecule has 0 atom stereocenters. The minimum Gasteiger partial charge on any atom is -0.492 e. The summed E-state index contributed by atoms with van der Waals surface area (Å²) in [6.45, 7) is 5.32. The summed E-state index contributed by atoms with van der Waals surface area (Å²) in [6, 6.07) is 19.2. The zero-order valence-electron chi connectivity index (χ0n) is 17.6. The molecule has 0 aliphatic carbocycles. The number of nitriles is 1. The highest BCUT2D eigenvalue weighted by Gasteiger charge is 2.16. The molecule has 0 spiro atoms. The van der Waals surface area contributed by atoms with Crippen molar-refractivity contribution in [1.82, 2.24) is 5.32 Å². The SMILES string of the molecule is CC(C)c1ccc(OCCNC(=O)CCC(=O)N(CCC#N)c2ccccc2)cc1. The average Bonchev–Trinajstić information content (AvgIpc) is 2.76. The number of rotatable bonds is 11. The van der Waals surface area contributed by atoms with Gasteiger partial charge in [0.05, 0.1) is 19.0 Å². The minimum absolute atomic E-state index is 0.0870. The van der Waals surface area contributed by atoms with Crippen LogP contribution >= 0.6 is 0 Å². The Bertz CT molecular complexity index is 842. The molecule has 2 amide bonds. The summed E-state index contributed by atoms with van der Waals surface area (Å²) < 4.78 is 5.64. The smallest absolute Gasteiger partial charge is 0.227 e. The molecule has 30 heavy (non-hydrogen) atoms. The molecular weight excluding hydrogens is 378 g/mol. The number of nitrogens with zero attached hydrogens (tertiary/aromatic N) is 2. The van der Waals surface area contributed by atoms with Gasteiger partial charge in [0.2, 0.25) is 11.8 Å². The van der Waals surface area contributed by atoms with Gasteiger partial charge in [0.15, 0.2) is 0 Å². The number of carbonyl (C=O) groups excluding carboxylic acids is 2. The second kappa shape index (κ2) is 12.3. The molecule has 0 aliphatic rings. The van der Waals surface area contributed by atoms with Crippen molar-refractivity contribution >= 4 is 17.5 Å². The van der Waals surface area contributed by atoms with E-state index in [1.54, 1.807) is 4.90 Å². The Morgan fingerprint density at radius 1 is 1.07 bits per heavy atom. The molecule has 6 heteroatoms. The Morgan fingerprint density at radius 2 is 1.77 bits per heavy atom. The summed E-state index contributed by atoms with van der Waals surface area (Å²) >= 11 is 0. The molecule has 6 nitrogen and oxygen atoms in total. The first kappa shape index (κ1) is 23.0. The maximum Gasteiger partial charge on any atom is 0.227 e. The summed E-state index contributed by atoms with van der Waals surface area (Å²) in [7, 11) is 0. The lowest BCUT2D eigenvalue weighted by atomic mass is 10.0. The Hall–Kier alpha value is -3.33. The maximum absolute atomic E-state index is 12.6. The Labute approximate surface area is 178 Å². The molecular formula is C24H29N3O3. The van der Waals surface area contributed by atoms with Gasteiger partial charge in [-0.2, -0.15) is 5.26 Å². The number of benzene rings is 2. The van der Waals surface area contributed by atoms with Crippen LogP contribution in [0.15, 0.2) is 54.6 Å². The highest BCUT2D eigenvalue weighted by atomic mass is 16.5. The quantitative estimate of drug-likeness (QED) is 0.570. The average molecular weight is 408 g/mol. The topological polar surface area (TPSA) is 82.4 Å². The van der Waals surface area contributed by atoms with E-state index in [-0.39, 0.29) is 31.1 Å². The van der Waals surface area contributed by atoms with Crippen LogP contribution in [0.5, 0.6) is 5.75 Å². The second-order valence-corrected chi connectivity index (χ2v) is 7.21. The van der Waals surface area contributed by atoms with Crippen LogP contribution < -0.4 is 15.0 Å². The van der Waals surface area contributed by atoms with Gasteiger partial charge in [-0.05, 0) is 35.7 Å². The van der Waals surface area contributed by atoms with Gasteiger partial charge in [0, 0.05) is 25.1 Å². The fraction of sp³-hybridized carbons (Fsp3) is 0.375. The third-order valence-corrected chi connectivity index (χ3v) is 4.62. The molecule has 0 saturated carbocycles. The van der Waals surface area contributed by atoms with Crippen LogP contribution in [-0.4, -0.2) is 31.5 Å². The zero-order valence-corrected chi connectivity index (χ0v) is 17.6. The molecule has 0 bridgehead atoms. The number of nitrogens with one attached hydrogen (secondary N) is 1. The molecule has 0 heterocycles. The van der Waals surface area contributed by atoms with Gasteiger partial charge in [-0.25, -0.2) is 0 Å². The van der Waals surface area contributed by atoms with Crippen molar-refractivity contribution in [2.75, 3.05) is 24.6 Å². The van der Waals surface area contributed by atoms with E-state index in [4.69, 9.17) is 10.00 Å². The third-order valence-electron chi connectivity index (χ3n) is 4.62. The minimum atomic E-state index is -0.199. The van der Waals surface area contributed by atoms with Crippen molar-refractivity contribution in [3.63, 3.8) is 0 Å². The molecule has 0 unspecified atom stereocenters. The monoisotopic (exact) mass is 407 g/mol. The van der Waals surface area contributed by atoms with Crippen molar-refractivity contribution in [3.05, 3.63) is 60.2 Å². The van der Waals surface area contributed by atoms with E-state index >= 15 is 0 Å². The Kier molecular flexibility index (Phi) is 9.39. The molecule has 2 rings (SSSR count). The van der Waals surface area contributed by atoms with Gasteiger partial charge in [-0.1, -0.05) is 44.2 Å². The largest absolute Gasteiger partial charge is 0.492 e. The number of hydrogen-bond donors (Lipinski definition) is 1. The van der Waals surface area contributed by atoms with Crippen molar-refractivity contribution in [3.8, 4) is 11.8 Å². The zero-order chi connectivity index (χ0) is 21.8. The number of ether oxygens (including phenoxy) is 1. The van der Waals surface area contributed by atoms with E-state index in [9.17, 15) is 9.59 Å². The van der Waals surface area contributed by atoms with Crippen LogP contribution in [0.1, 0.15) is 44.6 Å². The normalized spacial score (nSPS) is 10.3. The predicted molar refractivity (Wildman–Crippen MR) is 117 cm³/mol. The van der Waals surface area contributed by atoms with Crippen LogP contribution in [0.2, 0.25) is 0 Å². The lowest BCUT2D eigenvalue weighted by Gasteiger charge is -2.21. The molecule has 0 fully saturated rings. The Balaban J connectivity index is 1.72. The summed E-state index contributed by atoms with van der Waals surface area (Å²) in [5.74, 6) is 0.863. The van der Waals surface area contributed by atoms with Crippen LogP contribution in [0.4, 0.5) is 5.69 Å². The number of hydrogen-bond acceptors (Lipinski definition) is 4. The fourth-order valence-corrected chi connectivity index (χ4v) is 2.92. The first-order chi connectivity index (χ1) is 14.5. The Morgan fingerprint density at radius 3 is 2.40 bits per heavy atom. The van der Waals surface area contributed by atoms with Gasteiger partial charge in [-0.3, -0.25) is 9.59 Å². The lowest BCUT2D eigenvalue weighted by Crippen LogP contribution is -2.34. The van der Waals surface area contributed by atoms with Crippen LogP contribution in [-0.2, 0) is 9.59 Å². The van der Waals surface area contributed by atoms with Gasteiger partial charge >= 0.3 is 0 Å². The molecule has 0 radical (unpaired) electrons. The van der Waals surface area contributed by atoms with Crippen molar-refractivity contribution in [1.29, 1.82) is 5.26 Å². The first-order valence-electron chi connectivity index (χ1n) is 10.2. The highest BCUT2D eigenvalue weighted by Crippen LogP contribution is 2.18. The predicted octanol–water partition coefficient (Wildman–Crippen LogP) is 4.03. The molecule has 2 aromatic rings. The standard InChI is InChI=1S/C24H29N3O3/c1-19(2)20-9-11-22(12-10-20)30-18-16-26-23(28)13-14-24(29)27(17-6-15-25)21-7-4-3-5-8-21/h3-5,7-12,19H,6,13-14,16-18H2,1-2H3,(H,26,28). The van der Waals surface area contributed by atoms with E-state index < -0.39 is 0 Å². The van der Waals surface area contributed by atoms with Crippen LogP contribution in [0, 0.1) is 11.3 Å². The van der Waals surface area contributed by atoms with E-state index in [1.807, 2.05) is 54.6 Å². The molecule has 0 saturated heterocycles. The van der Waals surface area contributed by atoms with E-state index in [2.05, 4.69) is 25.2 Å². The van der Waals surface area contributed by atoms with Crippen LogP contribution in [0.25, 0.3) is 0 Å². The van der Waals surface area contributed by atoms with E-state index in [0.29, 0.717) is 25.6 Å². The van der Waals surface area contributed by atoms with Gasteiger partial charge in [-0.15, -0.1) is 0 Å². The lowest BCUT2D eigenvalue weighted by molar-refractivity contribution is -0.125. The number of amides is 2. The summed E-state index contributed by atoms with van der Waals surface area (Å²) in [5.41, 5.74) is 1.98. The number of carbonyl (C=O) groups is 2. The van der Waals surface area contributed by atoms with Crippen molar-refractivity contribution < 1.29 is 14.3 Å². The molecule has 0 aliphatic heterocycles. The maximum atomic E-state index is 12.6. The highest BCUT2D eigenvalue weighted by molar-refractivity contribution is 5.95. The number of anilines is 1. The van der Waals surface area contributed by atoms with Crippen LogP contribution in [0.3, 0.4) is 0 Å². The second-order valence-electron chi connectivity index (χ2n) is 7.21. The first-order valence-corrected chi connectivity index (χ1v) is 10.2. The fourth-order valence-electron chi connectivity index (χ4n) is 2.92. The van der Waals surface area contributed by atoms with Gasteiger partial charge < -0.3 is 15.0 Å². The van der Waals surface area contributed by atoms with Crippen molar-refractivity contribution in [2.45, 2.75) is 39.0 Å². The summed E-state index contributed by atoms with van der Waals surface area (Å²) in [4.78, 5) is 26.2. The molecule has 1 N–H and O–H groups in total. The number of para-hydroxylation sites is 1. The summed E-state index contributed by atoms with van der Waals surface area (Å²) in [6.07, 6.45) is 0.420. The summed E-state index contributed by atoms with van der Waals surface area (Å²) in [5, 5.41) is 11.6. The van der Waals surface area contributed by atoms with Crippen molar-refractivity contribution in [2.24, 2.45) is 0 Å². The van der Waals surface area contributed by atoms with Gasteiger partial charge in [0.1, 0.15) is 12.4 Å². The van der Waals surface area contributed by atoms with Gasteiger partial charge in [0.25, 0.3) is 0 Å². The molecule has 0 aromatic heterocycles. The molecule has 2 aromatic carbocycles. The third kappa shape index (κ3) is 7.59.